The van der Waals surface area contributed by atoms with Crippen molar-refractivity contribution in [3.63, 3.8) is 0 Å². The molecule has 23 heavy (non-hydrogen) atoms. The number of amides is 2. The number of benzene rings is 2. The van der Waals surface area contributed by atoms with Crippen molar-refractivity contribution in [2.45, 2.75) is 12.8 Å². The maximum Gasteiger partial charge on any atom is 0.573 e. The minimum Gasteiger partial charge on any atom is -0.406 e. The lowest BCUT2D eigenvalue weighted by molar-refractivity contribution is -0.274. The summed E-state index contributed by atoms with van der Waals surface area (Å²) in [4.78, 5) is 11.7. The number of alkyl halides is 3. The minimum absolute atomic E-state index is 0.212. The van der Waals surface area contributed by atoms with Crippen molar-refractivity contribution in [2.75, 3.05) is 11.9 Å². The third kappa shape index (κ3) is 6.29. The van der Waals surface area contributed by atoms with Crippen molar-refractivity contribution in [2.24, 2.45) is 0 Å². The summed E-state index contributed by atoms with van der Waals surface area (Å²) in [5.41, 5.74) is 1.29. The highest BCUT2D eigenvalue weighted by Crippen LogP contribution is 2.24. The van der Waals surface area contributed by atoms with Crippen molar-refractivity contribution >= 4 is 11.7 Å². The molecule has 0 heterocycles. The Morgan fingerprint density at radius 1 is 1.04 bits per heavy atom. The van der Waals surface area contributed by atoms with Crippen LogP contribution < -0.4 is 15.4 Å². The van der Waals surface area contributed by atoms with Crippen LogP contribution in [0.5, 0.6) is 5.75 Å². The molecule has 122 valence electrons. The van der Waals surface area contributed by atoms with E-state index in [1.807, 2.05) is 30.3 Å². The number of anilines is 1. The molecule has 0 aliphatic heterocycles. The number of nitrogens with one attached hydrogen (secondary N) is 2. The molecule has 0 saturated carbocycles. The molecule has 0 aliphatic rings. The van der Waals surface area contributed by atoms with Crippen molar-refractivity contribution in [3.05, 3.63) is 60.2 Å². The van der Waals surface area contributed by atoms with Gasteiger partial charge in [-0.1, -0.05) is 36.4 Å². The van der Waals surface area contributed by atoms with Crippen LogP contribution in [0, 0.1) is 0 Å². The lowest BCUT2D eigenvalue weighted by atomic mass is 10.1. The first kappa shape index (κ1) is 16.7. The van der Waals surface area contributed by atoms with Gasteiger partial charge in [0.25, 0.3) is 0 Å². The molecule has 0 spiro atoms. The molecular formula is C16H15F3N2O2. The first-order chi connectivity index (χ1) is 10.9. The van der Waals surface area contributed by atoms with Gasteiger partial charge in [0.2, 0.25) is 0 Å². The highest BCUT2D eigenvalue weighted by molar-refractivity contribution is 5.89. The number of halogens is 3. The molecule has 0 bridgehead atoms. The summed E-state index contributed by atoms with van der Waals surface area (Å²) in [5.74, 6) is -0.389. The van der Waals surface area contributed by atoms with Gasteiger partial charge >= 0.3 is 12.4 Å². The number of hydrogen-bond acceptors (Lipinski definition) is 2. The highest BCUT2D eigenvalue weighted by atomic mass is 19.4. The molecule has 0 radical (unpaired) electrons. The summed E-state index contributed by atoms with van der Waals surface area (Å²) < 4.78 is 40.2. The SMILES string of the molecule is O=C(NCCc1ccccc1)Nc1cccc(OC(F)(F)F)c1. The Labute approximate surface area is 131 Å². The molecule has 0 aliphatic carbocycles. The van der Waals surface area contributed by atoms with Crippen molar-refractivity contribution in [1.29, 1.82) is 0 Å². The fourth-order valence-corrected chi connectivity index (χ4v) is 1.91. The molecule has 0 atom stereocenters. The van der Waals surface area contributed by atoms with Crippen LogP contribution in [0.2, 0.25) is 0 Å². The second kappa shape index (κ2) is 7.53. The summed E-state index contributed by atoms with van der Waals surface area (Å²) in [7, 11) is 0. The second-order valence-electron chi connectivity index (χ2n) is 4.69. The smallest absolute Gasteiger partial charge is 0.406 e. The van der Waals surface area contributed by atoms with Gasteiger partial charge in [0.15, 0.2) is 0 Å². The molecule has 2 aromatic rings. The summed E-state index contributed by atoms with van der Waals surface area (Å²) in [5, 5.41) is 5.09. The lowest BCUT2D eigenvalue weighted by Gasteiger charge is -2.11. The fraction of sp³-hybridized carbons (Fsp3) is 0.188. The Morgan fingerprint density at radius 3 is 2.48 bits per heavy atom. The zero-order valence-electron chi connectivity index (χ0n) is 12.1. The lowest BCUT2D eigenvalue weighted by Crippen LogP contribution is -2.30. The maximum atomic E-state index is 12.1. The summed E-state index contributed by atoms with van der Waals surface area (Å²) >= 11 is 0. The predicted octanol–water partition coefficient (Wildman–Crippen LogP) is 3.95. The highest BCUT2D eigenvalue weighted by Gasteiger charge is 2.31. The van der Waals surface area contributed by atoms with Crippen LogP contribution in [0.1, 0.15) is 5.56 Å². The third-order valence-corrected chi connectivity index (χ3v) is 2.87. The topological polar surface area (TPSA) is 50.4 Å². The van der Waals surface area contributed by atoms with E-state index in [-0.39, 0.29) is 11.4 Å². The summed E-state index contributed by atoms with van der Waals surface area (Å²) in [6.07, 6.45) is -4.11. The van der Waals surface area contributed by atoms with E-state index in [9.17, 15) is 18.0 Å². The van der Waals surface area contributed by atoms with Crippen LogP contribution in [-0.4, -0.2) is 18.9 Å². The maximum absolute atomic E-state index is 12.1. The predicted molar refractivity (Wildman–Crippen MR) is 80.3 cm³/mol. The number of carbonyl (C=O) groups is 1. The van der Waals surface area contributed by atoms with Gasteiger partial charge in [0.1, 0.15) is 5.75 Å². The van der Waals surface area contributed by atoms with Gasteiger partial charge in [0, 0.05) is 18.3 Å². The van der Waals surface area contributed by atoms with Gasteiger partial charge in [-0.3, -0.25) is 0 Å². The number of urea groups is 1. The first-order valence-corrected chi connectivity index (χ1v) is 6.87. The van der Waals surface area contributed by atoms with E-state index < -0.39 is 12.4 Å². The molecule has 0 unspecified atom stereocenters. The van der Waals surface area contributed by atoms with Gasteiger partial charge in [0.05, 0.1) is 0 Å². The van der Waals surface area contributed by atoms with E-state index in [0.29, 0.717) is 13.0 Å². The van der Waals surface area contributed by atoms with Gasteiger partial charge in [-0.15, -0.1) is 13.2 Å². The van der Waals surface area contributed by atoms with E-state index >= 15 is 0 Å². The van der Waals surface area contributed by atoms with Crippen LogP contribution in [0.15, 0.2) is 54.6 Å². The van der Waals surface area contributed by atoms with Gasteiger partial charge in [-0.2, -0.15) is 0 Å². The molecule has 7 heteroatoms. The van der Waals surface area contributed by atoms with Crippen LogP contribution in [0.3, 0.4) is 0 Å². The molecule has 4 nitrogen and oxygen atoms in total. The normalized spacial score (nSPS) is 10.9. The average molecular weight is 324 g/mol. The number of carbonyl (C=O) groups excluding carboxylic acids is 1. The molecular weight excluding hydrogens is 309 g/mol. The number of rotatable bonds is 5. The molecule has 0 saturated heterocycles. The van der Waals surface area contributed by atoms with Crippen LogP contribution in [-0.2, 0) is 6.42 Å². The molecule has 2 aromatic carbocycles. The molecule has 2 rings (SSSR count). The van der Waals surface area contributed by atoms with E-state index in [4.69, 9.17) is 0 Å². The Bertz CT molecular complexity index is 645. The number of ether oxygens (including phenoxy) is 1. The van der Waals surface area contributed by atoms with Gasteiger partial charge in [-0.05, 0) is 24.1 Å². The molecule has 0 aromatic heterocycles. The quantitative estimate of drug-likeness (QED) is 0.875. The molecule has 2 N–H and O–H groups in total. The van der Waals surface area contributed by atoms with Crippen LogP contribution >= 0.6 is 0 Å². The second-order valence-corrected chi connectivity index (χ2v) is 4.69. The molecule has 2 amide bonds. The average Bonchev–Trinajstić information content (AvgIpc) is 2.47. The van der Waals surface area contributed by atoms with Gasteiger partial charge < -0.3 is 15.4 Å². The third-order valence-electron chi connectivity index (χ3n) is 2.87. The monoisotopic (exact) mass is 324 g/mol. The number of hydrogen-bond donors (Lipinski definition) is 2. The Balaban J connectivity index is 1.82. The fourth-order valence-electron chi connectivity index (χ4n) is 1.91. The standard InChI is InChI=1S/C16H15F3N2O2/c17-16(18,19)23-14-8-4-7-13(11-14)21-15(22)20-10-9-12-5-2-1-3-6-12/h1-8,11H,9-10H2,(H2,20,21,22). The van der Waals surface area contributed by atoms with Gasteiger partial charge in [-0.25, -0.2) is 4.79 Å². The van der Waals surface area contributed by atoms with E-state index in [2.05, 4.69) is 15.4 Å². The Hall–Kier alpha value is -2.70. The Kier molecular flexibility index (Phi) is 5.46. The summed E-state index contributed by atoms with van der Waals surface area (Å²) in [6, 6.07) is 14.2. The Morgan fingerprint density at radius 2 is 1.78 bits per heavy atom. The van der Waals surface area contributed by atoms with E-state index in [1.165, 1.54) is 12.1 Å². The zero-order chi connectivity index (χ0) is 16.7. The van der Waals surface area contributed by atoms with E-state index in [1.54, 1.807) is 0 Å². The largest absolute Gasteiger partial charge is 0.573 e. The summed E-state index contributed by atoms with van der Waals surface area (Å²) in [6.45, 7) is 0.411. The minimum atomic E-state index is -4.77. The van der Waals surface area contributed by atoms with Crippen LogP contribution in [0.25, 0.3) is 0 Å². The van der Waals surface area contributed by atoms with Crippen molar-refractivity contribution in [1.82, 2.24) is 5.32 Å². The van der Waals surface area contributed by atoms with Crippen LogP contribution in [0.4, 0.5) is 23.7 Å². The molecule has 0 fully saturated rings. The van der Waals surface area contributed by atoms with Crippen molar-refractivity contribution < 1.29 is 22.7 Å². The zero-order valence-corrected chi connectivity index (χ0v) is 12.1. The van der Waals surface area contributed by atoms with E-state index in [0.717, 1.165) is 17.7 Å². The van der Waals surface area contributed by atoms with Crippen molar-refractivity contribution in [3.8, 4) is 5.75 Å². The first-order valence-electron chi connectivity index (χ1n) is 6.87.